The molecule has 7 heteroatoms. The molecule has 0 saturated heterocycles. The average molecular weight is 489 g/mol. The summed E-state index contributed by atoms with van der Waals surface area (Å²) in [5, 5.41) is 0. The quantitative estimate of drug-likeness (QED) is 0.357. The highest BCUT2D eigenvalue weighted by Crippen LogP contribution is 2.31. The fraction of sp³-hybridized carbons (Fsp3) is 0.250. The van der Waals surface area contributed by atoms with Gasteiger partial charge in [-0.1, -0.05) is 24.3 Å². The number of anilines is 1. The van der Waals surface area contributed by atoms with Gasteiger partial charge in [-0.3, -0.25) is 9.98 Å². The molecule has 0 radical (unpaired) electrons. The number of rotatable bonds is 6. The first kappa shape index (κ1) is 26.0. The molecule has 1 heterocycles. The van der Waals surface area contributed by atoms with E-state index in [1.165, 1.54) is 5.56 Å². The Labute approximate surface area is 213 Å². The lowest BCUT2D eigenvalue weighted by atomic mass is 10.1. The zero-order chi connectivity index (χ0) is 24.2. The highest BCUT2D eigenvalue weighted by atomic mass is 35.5. The van der Waals surface area contributed by atoms with Crippen molar-refractivity contribution in [1.29, 1.82) is 0 Å². The lowest BCUT2D eigenvalue weighted by Gasteiger charge is -2.20. The van der Waals surface area contributed by atoms with Gasteiger partial charge < -0.3 is 16.4 Å². The molecule has 0 atom stereocenters. The van der Waals surface area contributed by atoms with E-state index in [1.807, 2.05) is 64.1 Å². The molecular formula is C28H33ClN6. The van der Waals surface area contributed by atoms with E-state index < -0.39 is 0 Å². The Morgan fingerprint density at radius 2 is 1.26 bits per heavy atom. The van der Waals surface area contributed by atoms with Crippen LogP contribution in [0.5, 0.6) is 0 Å². The molecule has 1 aliphatic rings. The molecule has 3 aromatic rings. The Kier molecular flexibility index (Phi) is 8.30. The summed E-state index contributed by atoms with van der Waals surface area (Å²) in [7, 11) is 0. The summed E-state index contributed by atoms with van der Waals surface area (Å²) in [4.78, 5) is 16.1. The Morgan fingerprint density at radius 1 is 0.743 bits per heavy atom. The maximum atomic E-state index is 6.15. The molecule has 0 saturated carbocycles. The summed E-state index contributed by atoms with van der Waals surface area (Å²) in [6.45, 7) is 8.82. The molecule has 0 amide bonds. The molecule has 4 rings (SSSR count). The van der Waals surface area contributed by atoms with Gasteiger partial charge in [0, 0.05) is 34.5 Å². The number of fused-ring (bicyclic) bond motifs is 1. The lowest BCUT2D eigenvalue weighted by Crippen LogP contribution is -2.24. The van der Waals surface area contributed by atoms with Crippen LogP contribution in [-0.4, -0.2) is 29.6 Å². The first-order chi connectivity index (χ1) is 16.3. The molecule has 0 bridgehead atoms. The van der Waals surface area contributed by atoms with Gasteiger partial charge in [-0.2, -0.15) is 0 Å². The first-order valence-electron chi connectivity index (χ1n) is 11.6. The number of halogens is 1. The maximum absolute atomic E-state index is 6.15. The molecule has 0 aliphatic carbocycles. The van der Waals surface area contributed by atoms with Crippen molar-refractivity contribution in [2.75, 3.05) is 4.90 Å². The zero-order valence-corrected chi connectivity index (χ0v) is 21.5. The van der Waals surface area contributed by atoms with Crippen molar-refractivity contribution in [3.05, 3.63) is 95.1 Å². The standard InChI is InChI=1S/C28H32N6.ClH/c1-18(2)31-26(29)20-9-13-23(14-10-20)33-28-25-8-6-5-7-22(25)17-34(28)24-15-11-21(12-16-24)27(30)32-19(3)4;/h5-16,18-19H,17H2,1-4H3,(H2,29,31)(H2,30,32);1H. The van der Waals surface area contributed by atoms with E-state index in [9.17, 15) is 0 Å². The molecule has 1 aliphatic heterocycles. The Balaban J connectivity index is 0.00000342. The third-order valence-electron chi connectivity index (χ3n) is 5.51. The summed E-state index contributed by atoms with van der Waals surface area (Å²) in [6, 6.07) is 24.8. The summed E-state index contributed by atoms with van der Waals surface area (Å²) >= 11 is 0. The second-order valence-electron chi connectivity index (χ2n) is 8.99. The molecule has 0 aromatic heterocycles. The van der Waals surface area contributed by atoms with Crippen LogP contribution in [-0.2, 0) is 6.54 Å². The number of nitrogens with two attached hydrogens (primary N) is 2. The molecule has 182 valence electrons. The topological polar surface area (TPSA) is 92.4 Å². The van der Waals surface area contributed by atoms with Crippen LogP contribution in [0.4, 0.5) is 11.4 Å². The van der Waals surface area contributed by atoms with Gasteiger partial charge in [0.2, 0.25) is 0 Å². The van der Waals surface area contributed by atoms with Crippen LogP contribution in [0, 0.1) is 0 Å². The lowest BCUT2D eigenvalue weighted by molar-refractivity contribution is 0.834. The molecule has 0 unspecified atom stereocenters. The Hall–Kier alpha value is -3.64. The molecule has 35 heavy (non-hydrogen) atoms. The third kappa shape index (κ3) is 6.08. The van der Waals surface area contributed by atoms with Gasteiger partial charge in [0.05, 0.1) is 12.2 Å². The highest BCUT2D eigenvalue weighted by molar-refractivity contribution is 6.14. The molecular weight excluding hydrogens is 456 g/mol. The van der Waals surface area contributed by atoms with E-state index in [-0.39, 0.29) is 24.5 Å². The largest absolute Gasteiger partial charge is 0.383 e. The van der Waals surface area contributed by atoms with Gasteiger partial charge in [0.15, 0.2) is 0 Å². The van der Waals surface area contributed by atoms with Crippen molar-refractivity contribution in [2.24, 2.45) is 26.4 Å². The van der Waals surface area contributed by atoms with E-state index in [4.69, 9.17) is 16.5 Å². The van der Waals surface area contributed by atoms with E-state index in [0.29, 0.717) is 11.7 Å². The minimum absolute atomic E-state index is 0. The van der Waals surface area contributed by atoms with Gasteiger partial charge >= 0.3 is 0 Å². The minimum Gasteiger partial charge on any atom is -0.383 e. The number of hydrogen-bond donors (Lipinski definition) is 2. The number of hydrogen-bond acceptors (Lipinski definition) is 3. The first-order valence-corrected chi connectivity index (χ1v) is 11.6. The van der Waals surface area contributed by atoms with Crippen LogP contribution in [0.1, 0.15) is 49.9 Å². The second kappa shape index (κ2) is 11.2. The van der Waals surface area contributed by atoms with Gasteiger partial charge in [0.1, 0.15) is 17.5 Å². The van der Waals surface area contributed by atoms with E-state index >= 15 is 0 Å². The van der Waals surface area contributed by atoms with Crippen LogP contribution >= 0.6 is 12.4 Å². The Morgan fingerprint density at radius 3 is 1.80 bits per heavy atom. The predicted molar refractivity (Wildman–Crippen MR) is 151 cm³/mol. The normalized spacial score (nSPS) is 15.0. The smallest absolute Gasteiger partial charge is 0.141 e. The van der Waals surface area contributed by atoms with Crippen LogP contribution in [0.25, 0.3) is 0 Å². The fourth-order valence-corrected chi connectivity index (χ4v) is 3.95. The van der Waals surface area contributed by atoms with Crippen LogP contribution < -0.4 is 16.4 Å². The molecule has 6 nitrogen and oxygen atoms in total. The van der Waals surface area contributed by atoms with E-state index in [2.05, 4.69) is 51.3 Å². The predicted octanol–water partition coefficient (Wildman–Crippen LogP) is 5.43. The zero-order valence-electron chi connectivity index (χ0n) is 20.6. The number of benzene rings is 3. The monoisotopic (exact) mass is 488 g/mol. The van der Waals surface area contributed by atoms with Gasteiger partial charge in [-0.25, -0.2) is 4.99 Å². The third-order valence-corrected chi connectivity index (χ3v) is 5.51. The van der Waals surface area contributed by atoms with Crippen molar-refractivity contribution in [1.82, 2.24) is 0 Å². The van der Waals surface area contributed by atoms with Crippen molar-refractivity contribution < 1.29 is 0 Å². The summed E-state index contributed by atoms with van der Waals surface area (Å²) in [5.74, 6) is 2.02. The van der Waals surface area contributed by atoms with Gasteiger partial charge in [0.25, 0.3) is 0 Å². The van der Waals surface area contributed by atoms with E-state index in [1.54, 1.807) is 0 Å². The molecule has 3 aromatic carbocycles. The second-order valence-corrected chi connectivity index (χ2v) is 8.99. The summed E-state index contributed by atoms with van der Waals surface area (Å²) in [5.41, 5.74) is 18.4. The molecule has 4 N–H and O–H groups in total. The minimum atomic E-state index is 0. The van der Waals surface area contributed by atoms with Crippen molar-refractivity contribution >= 4 is 41.3 Å². The highest BCUT2D eigenvalue weighted by Gasteiger charge is 2.26. The SMILES string of the molecule is CC(C)N=C(N)c1ccc(N=C2c3ccccc3CN2c2ccc(C(N)=NC(C)C)cc2)cc1.Cl. The molecule has 0 spiro atoms. The van der Waals surface area contributed by atoms with E-state index in [0.717, 1.165) is 40.4 Å². The summed E-state index contributed by atoms with van der Waals surface area (Å²) in [6.07, 6.45) is 0. The molecule has 0 fully saturated rings. The van der Waals surface area contributed by atoms with Crippen LogP contribution in [0.3, 0.4) is 0 Å². The van der Waals surface area contributed by atoms with Gasteiger partial charge in [-0.05, 0) is 81.8 Å². The Bertz CT molecular complexity index is 1240. The van der Waals surface area contributed by atoms with Crippen molar-refractivity contribution in [2.45, 2.75) is 46.3 Å². The number of nitrogens with zero attached hydrogens (tertiary/aromatic N) is 4. The van der Waals surface area contributed by atoms with Crippen LogP contribution in [0.2, 0.25) is 0 Å². The fourth-order valence-electron chi connectivity index (χ4n) is 3.95. The van der Waals surface area contributed by atoms with Crippen LogP contribution in [0.15, 0.2) is 87.8 Å². The number of aliphatic imine (C=N–C) groups is 3. The average Bonchev–Trinajstić information content (AvgIpc) is 3.17. The summed E-state index contributed by atoms with van der Waals surface area (Å²) < 4.78 is 0. The van der Waals surface area contributed by atoms with Crippen molar-refractivity contribution in [3.63, 3.8) is 0 Å². The van der Waals surface area contributed by atoms with Crippen molar-refractivity contribution in [3.8, 4) is 0 Å². The number of amidine groups is 3. The maximum Gasteiger partial charge on any atom is 0.141 e. The van der Waals surface area contributed by atoms with Gasteiger partial charge in [-0.15, -0.1) is 12.4 Å².